The molecule has 4 N–H and O–H groups in total. The lowest BCUT2D eigenvalue weighted by Crippen LogP contribution is -2.40. The molecule has 0 fully saturated rings. The molecular formula is C41H74N2O5. The van der Waals surface area contributed by atoms with Crippen LogP contribution in [0, 0.1) is 0 Å². The molecule has 7 nitrogen and oxygen atoms in total. The molecule has 0 heterocycles. The lowest BCUT2D eigenvalue weighted by atomic mass is 10.1. The van der Waals surface area contributed by atoms with E-state index in [0.717, 1.165) is 57.8 Å². The summed E-state index contributed by atoms with van der Waals surface area (Å²) < 4.78 is 5.87. The Morgan fingerprint density at radius 2 is 1.19 bits per heavy atom. The van der Waals surface area contributed by atoms with Gasteiger partial charge in [0.25, 0.3) is 0 Å². The molecule has 1 amide bonds. The van der Waals surface area contributed by atoms with Gasteiger partial charge in [0.2, 0.25) is 5.91 Å². The zero-order chi connectivity index (χ0) is 35.3. The van der Waals surface area contributed by atoms with E-state index in [1.54, 1.807) is 0 Å². The van der Waals surface area contributed by atoms with Crippen LogP contribution in [0.4, 0.5) is 0 Å². The Balaban J connectivity index is 4.18. The SMILES string of the molecule is CCC/C=C\C/C=C\C(CCCCCCC(=O)NC(CCCN)C(=O)O)OC(=O)CCCCCCCCC/C=C\CCCCCCCC. The van der Waals surface area contributed by atoms with E-state index < -0.39 is 12.0 Å². The van der Waals surface area contributed by atoms with Crippen LogP contribution in [-0.2, 0) is 19.1 Å². The Kier molecular flexibility index (Phi) is 34.1. The molecule has 278 valence electrons. The van der Waals surface area contributed by atoms with Gasteiger partial charge in [0.15, 0.2) is 0 Å². The Morgan fingerprint density at radius 1 is 0.625 bits per heavy atom. The number of hydrogen-bond acceptors (Lipinski definition) is 5. The van der Waals surface area contributed by atoms with E-state index >= 15 is 0 Å². The second-order valence-corrected chi connectivity index (χ2v) is 13.3. The van der Waals surface area contributed by atoms with Crippen LogP contribution in [0.2, 0.25) is 0 Å². The Morgan fingerprint density at radius 3 is 1.79 bits per heavy atom. The fraction of sp³-hybridized carbons (Fsp3) is 0.780. The summed E-state index contributed by atoms with van der Waals surface area (Å²) in [4.78, 5) is 36.1. The van der Waals surface area contributed by atoms with Gasteiger partial charge < -0.3 is 20.9 Å². The van der Waals surface area contributed by atoms with E-state index in [1.807, 2.05) is 6.08 Å². The van der Waals surface area contributed by atoms with Gasteiger partial charge in [-0.1, -0.05) is 128 Å². The number of carboxylic acid groups (broad SMARTS) is 1. The van der Waals surface area contributed by atoms with Gasteiger partial charge in [-0.25, -0.2) is 4.79 Å². The second-order valence-electron chi connectivity index (χ2n) is 13.3. The first-order chi connectivity index (χ1) is 23.4. The van der Waals surface area contributed by atoms with Crippen LogP contribution < -0.4 is 11.1 Å². The number of carbonyl (C=O) groups excluding carboxylic acids is 2. The number of esters is 1. The first-order valence-corrected chi connectivity index (χ1v) is 19.8. The number of hydrogen-bond donors (Lipinski definition) is 3. The number of carboxylic acids is 1. The fourth-order valence-corrected chi connectivity index (χ4v) is 5.64. The maximum atomic E-state index is 12.6. The van der Waals surface area contributed by atoms with E-state index in [9.17, 15) is 19.5 Å². The van der Waals surface area contributed by atoms with Crippen molar-refractivity contribution in [1.29, 1.82) is 0 Å². The fourth-order valence-electron chi connectivity index (χ4n) is 5.64. The molecule has 0 aliphatic heterocycles. The molecule has 0 rings (SSSR count). The van der Waals surface area contributed by atoms with Gasteiger partial charge in [-0.2, -0.15) is 0 Å². The Hall–Kier alpha value is -2.41. The zero-order valence-corrected chi connectivity index (χ0v) is 31.1. The smallest absolute Gasteiger partial charge is 0.326 e. The minimum absolute atomic E-state index is 0.113. The van der Waals surface area contributed by atoms with Crippen molar-refractivity contribution in [1.82, 2.24) is 5.32 Å². The number of allylic oxidation sites excluding steroid dienone is 5. The van der Waals surface area contributed by atoms with Crippen LogP contribution in [0.3, 0.4) is 0 Å². The highest BCUT2D eigenvalue weighted by molar-refractivity contribution is 5.83. The molecule has 0 radical (unpaired) electrons. The van der Waals surface area contributed by atoms with E-state index in [1.165, 1.54) is 83.5 Å². The standard InChI is InChI=1S/C41H74N2O5/c1-3-5-7-9-11-12-13-14-15-16-17-18-19-20-21-23-29-35-40(45)48-37(31-26-22-10-8-6-4-2)32-27-24-25-28-34-39(44)43-38(41(46)47)33-30-36-42/h8,10,14-15,26,31,37-38H,3-7,9,11-13,16-25,27-30,32-36,42H2,1-2H3,(H,43,44)(H,46,47)/b10-8-,15-14-,31-26-. The molecule has 0 aliphatic carbocycles. The van der Waals surface area contributed by atoms with Crippen molar-refractivity contribution < 1.29 is 24.2 Å². The number of rotatable bonds is 35. The summed E-state index contributed by atoms with van der Waals surface area (Å²) in [5.74, 6) is -1.36. The van der Waals surface area contributed by atoms with E-state index in [2.05, 4.69) is 49.5 Å². The lowest BCUT2D eigenvalue weighted by Gasteiger charge is -2.15. The Labute approximate surface area is 295 Å². The number of carbonyl (C=O) groups is 3. The predicted molar refractivity (Wildman–Crippen MR) is 202 cm³/mol. The van der Waals surface area contributed by atoms with E-state index in [-0.39, 0.29) is 18.0 Å². The molecule has 2 atom stereocenters. The molecule has 7 heteroatoms. The first kappa shape index (κ1) is 45.6. The monoisotopic (exact) mass is 675 g/mol. The third-order valence-corrected chi connectivity index (χ3v) is 8.64. The van der Waals surface area contributed by atoms with Crippen LogP contribution in [0.5, 0.6) is 0 Å². The van der Waals surface area contributed by atoms with Crippen molar-refractivity contribution in [2.45, 2.75) is 199 Å². The normalized spacial score (nSPS) is 13.1. The third-order valence-electron chi connectivity index (χ3n) is 8.64. The molecule has 0 aromatic heterocycles. The number of ether oxygens (including phenoxy) is 1. The van der Waals surface area contributed by atoms with Gasteiger partial charge in [-0.15, -0.1) is 0 Å². The average molecular weight is 675 g/mol. The van der Waals surface area contributed by atoms with Gasteiger partial charge in [0.05, 0.1) is 0 Å². The number of nitrogens with one attached hydrogen (secondary N) is 1. The minimum atomic E-state index is -1.02. The summed E-state index contributed by atoms with van der Waals surface area (Å²) in [5.41, 5.74) is 5.47. The van der Waals surface area contributed by atoms with E-state index in [4.69, 9.17) is 10.5 Å². The molecule has 0 saturated heterocycles. The van der Waals surface area contributed by atoms with Crippen molar-refractivity contribution in [3.8, 4) is 0 Å². The van der Waals surface area contributed by atoms with Gasteiger partial charge in [0.1, 0.15) is 12.1 Å². The zero-order valence-electron chi connectivity index (χ0n) is 31.1. The van der Waals surface area contributed by atoms with Crippen molar-refractivity contribution in [3.05, 3.63) is 36.5 Å². The van der Waals surface area contributed by atoms with Crippen LogP contribution in [0.15, 0.2) is 36.5 Å². The summed E-state index contributed by atoms with van der Waals surface area (Å²) in [7, 11) is 0. The highest BCUT2D eigenvalue weighted by Gasteiger charge is 2.19. The summed E-state index contributed by atoms with van der Waals surface area (Å²) in [6.07, 6.45) is 40.7. The molecule has 48 heavy (non-hydrogen) atoms. The van der Waals surface area contributed by atoms with Gasteiger partial charge in [-0.05, 0) is 89.7 Å². The first-order valence-electron chi connectivity index (χ1n) is 19.8. The lowest BCUT2D eigenvalue weighted by molar-refractivity contribution is -0.147. The molecule has 2 unspecified atom stereocenters. The largest absolute Gasteiger partial charge is 0.480 e. The van der Waals surface area contributed by atoms with Gasteiger partial charge in [-0.3, -0.25) is 9.59 Å². The van der Waals surface area contributed by atoms with E-state index in [0.29, 0.717) is 38.6 Å². The topological polar surface area (TPSA) is 119 Å². The number of amides is 1. The average Bonchev–Trinajstić information content (AvgIpc) is 3.07. The molecule has 0 spiro atoms. The maximum absolute atomic E-state index is 12.6. The van der Waals surface area contributed by atoms with Crippen molar-refractivity contribution in [2.24, 2.45) is 5.73 Å². The van der Waals surface area contributed by atoms with Crippen molar-refractivity contribution in [3.63, 3.8) is 0 Å². The molecule has 0 bridgehead atoms. The summed E-state index contributed by atoms with van der Waals surface area (Å²) in [6.45, 7) is 4.83. The minimum Gasteiger partial charge on any atom is -0.480 e. The van der Waals surface area contributed by atoms with Gasteiger partial charge >= 0.3 is 11.9 Å². The molecule has 0 saturated carbocycles. The maximum Gasteiger partial charge on any atom is 0.326 e. The summed E-state index contributed by atoms with van der Waals surface area (Å²) >= 11 is 0. The number of aliphatic carboxylic acids is 1. The Bertz CT molecular complexity index is 854. The van der Waals surface area contributed by atoms with Crippen LogP contribution >= 0.6 is 0 Å². The number of unbranched alkanes of at least 4 members (excludes halogenated alkanes) is 17. The summed E-state index contributed by atoms with van der Waals surface area (Å²) in [6, 6.07) is -0.873. The van der Waals surface area contributed by atoms with Crippen molar-refractivity contribution in [2.75, 3.05) is 6.54 Å². The molecule has 0 aromatic carbocycles. The second kappa shape index (κ2) is 35.9. The van der Waals surface area contributed by atoms with Crippen molar-refractivity contribution >= 4 is 17.8 Å². The highest BCUT2D eigenvalue weighted by atomic mass is 16.5. The highest BCUT2D eigenvalue weighted by Crippen LogP contribution is 2.15. The molecular weight excluding hydrogens is 600 g/mol. The van der Waals surface area contributed by atoms with Gasteiger partial charge in [0, 0.05) is 12.8 Å². The third kappa shape index (κ3) is 32.2. The van der Waals surface area contributed by atoms with Crippen LogP contribution in [0.1, 0.15) is 187 Å². The molecule has 0 aliphatic rings. The predicted octanol–water partition coefficient (Wildman–Crippen LogP) is 10.7. The number of nitrogens with two attached hydrogens (primary N) is 1. The quantitative estimate of drug-likeness (QED) is 0.0350. The molecule has 0 aromatic rings. The van der Waals surface area contributed by atoms with Crippen LogP contribution in [-0.4, -0.2) is 41.6 Å². The summed E-state index contributed by atoms with van der Waals surface area (Å²) in [5, 5.41) is 11.9. The van der Waals surface area contributed by atoms with Crippen LogP contribution in [0.25, 0.3) is 0 Å².